The van der Waals surface area contributed by atoms with Crippen LogP contribution in [0.4, 0.5) is 27.1 Å². The van der Waals surface area contributed by atoms with Crippen molar-refractivity contribution in [1.29, 1.82) is 0 Å². The number of anilines is 1. The van der Waals surface area contributed by atoms with Gasteiger partial charge in [0.05, 0.1) is 15.8 Å². The number of hydrogen-bond donors (Lipinski definition) is 1. The van der Waals surface area contributed by atoms with Gasteiger partial charge in [-0.1, -0.05) is 23.5 Å². The van der Waals surface area contributed by atoms with Crippen LogP contribution in [0.2, 0.25) is 0 Å². The molecular weight excluding hydrogens is 441 g/mol. The summed E-state index contributed by atoms with van der Waals surface area (Å²) in [6.07, 6.45) is -8.18. The van der Waals surface area contributed by atoms with E-state index >= 15 is 0 Å². The lowest BCUT2D eigenvalue weighted by Crippen LogP contribution is -2.35. The molecule has 0 aliphatic carbocycles. The normalized spacial score (nSPS) is 16.8. The summed E-state index contributed by atoms with van der Waals surface area (Å²) < 4.78 is 69.8. The summed E-state index contributed by atoms with van der Waals surface area (Å²) >= 11 is 1.28. The molecule has 0 bridgehead atoms. The second-order valence-corrected chi connectivity index (χ2v) is 8.00. The number of nitrogens with one attached hydrogen (secondary N) is 1. The highest BCUT2D eigenvalue weighted by Gasteiger charge is 2.45. The molecule has 31 heavy (non-hydrogen) atoms. The number of rotatable bonds is 6. The van der Waals surface area contributed by atoms with Crippen molar-refractivity contribution in [2.45, 2.75) is 25.0 Å². The Bertz CT molecular complexity index is 1110. The fourth-order valence-electron chi connectivity index (χ4n) is 3.29. The summed E-state index contributed by atoms with van der Waals surface area (Å²) in [6.45, 7) is 0.582. The average Bonchev–Trinajstić information content (AvgIpc) is 3.34. The van der Waals surface area contributed by atoms with Crippen LogP contribution in [0, 0.1) is 5.82 Å². The van der Waals surface area contributed by atoms with Crippen molar-refractivity contribution in [3.8, 4) is 5.75 Å². The zero-order valence-corrected chi connectivity index (χ0v) is 16.6. The van der Waals surface area contributed by atoms with Crippen molar-refractivity contribution in [2.75, 3.05) is 18.4 Å². The Kier molecular flexibility index (Phi) is 5.69. The first kappa shape index (κ1) is 21.3. The average molecular weight is 457 g/mol. The summed E-state index contributed by atoms with van der Waals surface area (Å²) in [7, 11) is 0. The van der Waals surface area contributed by atoms with Crippen molar-refractivity contribution in [2.24, 2.45) is 0 Å². The molecular formula is C20H16F5N3O2S. The number of ether oxygens (including phenoxy) is 1. The minimum atomic E-state index is -4.71. The van der Waals surface area contributed by atoms with E-state index in [1.54, 1.807) is 6.07 Å². The number of hydrogen-bond acceptors (Lipinski definition) is 5. The predicted octanol–water partition coefficient (Wildman–Crippen LogP) is 5.00. The Balaban J connectivity index is 1.45. The van der Waals surface area contributed by atoms with Gasteiger partial charge in [0, 0.05) is 19.1 Å². The highest BCUT2D eigenvalue weighted by atomic mass is 32.1. The van der Waals surface area contributed by atoms with Crippen molar-refractivity contribution < 1.29 is 31.5 Å². The van der Waals surface area contributed by atoms with Crippen molar-refractivity contribution >= 4 is 32.6 Å². The maximum Gasteiger partial charge on any atom is 0.461 e. The monoisotopic (exact) mass is 457 g/mol. The number of alkyl halides is 4. The van der Waals surface area contributed by atoms with Crippen LogP contribution in [0.15, 0.2) is 42.5 Å². The van der Waals surface area contributed by atoms with Gasteiger partial charge < -0.3 is 15.0 Å². The molecule has 1 fully saturated rings. The van der Waals surface area contributed by atoms with Gasteiger partial charge in [-0.25, -0.2) is 9.37 Å². The SMILES string of the molecule is O=C(c1ccccc1OC(F)(F)C(F)F)N1CC[C@@H](Nc2nc3ccc(F)cc3s2)C1. The third kappa shape index (κ3) is 4.55. The molecule has 0 saturated carbocycles. The maximum absolute atomic E-state index is 13.3. The lowest BCUT2D eigenvalue weighted by atomic mass is 10.1. The van der Waals surface area contributed by atoms with Gasteiger partial charge >= 0.3 is 12.5 Å². The van der Waals surface area contributed by atoms with Crippen LogP contribution in [-0.4, -0.2) is 47.5 Å². The minimum Gasteiger partial charge on any atom is -0.427 e. The number of benzene rings is 2. The second-order valence-electron chi connectivity index (χ2n) is 6.97. The summed E-state index contributed by atoms with van der Waals surface area (Å²) in [6, 6.07) is 9.17. The summed E-state index contributed by atoms with van der Waals surface area (Å²) in [4.78, 5) is 18.6. The third-order valence-electron chi connectivity index (χ3n) is 4.77. The van der Waals surface area contributed by atoms with E-state index in [9.17, 15) is 26.7 Å². The number of carbonyl (C=O) groups excluding carboxylic acids is 1. The number of likely N-dealkylation sites (tertiary alicyclic amines) is 1. The molecule has 2 aromatic carbocycles. The van der Waals surface area contributed by atoms with E-state index in [4.69, 9.17) is 0 Å². The number of halogens is 5. The Morgan fingerprint density at radius 2 is 2.03 bits per heavy atom. The largest absolute Gasteiger partial charge is 0.461 e. The van der Waals surface area contributed by atoms with Crippen LogP contribution in [-0.2, 0) is 0 Å². The Labute approximate surface area is 177 Å². The van der Waals surface area contributed by atoms with E-state index in [1.165, 1.54) is 46.6 Å². The molecule has 1 aliphatic heterocycles. The lowest BCUT2D eigenvalue weighted by Gasteiger charge is -2.21. The number of nitrogens with zero attached hydrogens (tertiary/aromatic N) is 2. The second kappa shape index (κ2) is 8.29. The van der Waals surface area contributed by atoms with Crippen LogP contribution in [0.3, 0.4) is 0 Å². The summed E-state index contributed by atoms with van der Waals surface area (Å²) in [5, 5.41) is 3.76. The number of amides is 1. The van der Waals surface area contributed by atoms with Gasteiger partial charge in [-0.05, 0) is 36.8 Å². The maximum atomic E-state index is 13.3. The fourth-order valence-corrected chi connectivity index (χ4v) is 4.26. The quantitative estimate of drug-likeness (QED) is 0.530. The lowest BCUT2D eigenvalue weighted by molar-refractivity contribution is -0.253. The summed E-state index contributed by atoms with van der Waals surface area (Å²) in [5.41, 5.74) is 0.421. The van der Waals surface area contributed by atoms with E-state index in [-0.39, 0.29) is 24.0 Å². The molecule has 0 spiro atoms. The van der Waals surface area contributed by atoms with Gasteiger partial charge in [0.2, 0.25) is 0 Å². The van der Waals surface area contributed by atoms with Crippen LogP contribution in [0.5, 0.6) is 5.75 Å². The molecule has 3 aromatic rings. The fraction of sp³-hybridized carbons (Fsp3) is 0.300. The molecule has 4 rings (SSSR count). The highest BCUT2D eigenvalue weighted by Crippen LogP contribution is 2.32. The van der Waals surface area contributed by atoms with Crippen LogP contribution < -0.4 is 10.1 Å². The van der Waals surface area contributed by atoms with E-state index in [2.05, 4.69) is 15.0 Å². The first-order valence-electron chi connectivity index (χ1n) is 9.29. The number of aromatic nitrogens is 1. The smallest absolute Gasteiger partial charge is 0.427 e. The molecule has 1 aromatic heterocycles. The van der Waals surface area contributed by atoms with E-state index < -0.39 is 24.2 Å². The van der Waals surface area contributed by atoms with Gasteiger partial charge in [0.25, 0.3) is 5.91 Å². The molecule has 1 aliphatic rings. The van der Waals surface area contributed by atoms with Gasteiger partial charge in [-0.2, -0.15) is 17.6 Å². The molecule has 2 heterocycles. The van der Waals surface area contributed by atoms with Gasteiger partial charge in [-0.3, -0.25) is 4.79 Å². The van der Waals surface area contributed by atoms with Gasteiger partial charge in [0.1, 0.15) is 11.6 Å². The number of thiazole rings is 1. The summed E-state index contributed by atoms with van der Waals surface area (Å²) in [5.74, 6) is -1.57. The number of carbonyl (C=O) groups is 1. The molecule has 0 unspecified atom stereocenters. The zero-order valence-electron chi connectivity index (χ0n) is 15.8. The standard InChI is InChI=1S/C20H16F5N3O2S/c21-11-5-6-14-16(9-11)31-19(27-14)26-12-7-8-28(10-12)17(29)13-3-1-2-4-15(13)30-20(24,25)18(22)23/h1-6,9,12,18H,7-8,10H2,(H,26,27)/t12-/m1/s1. The molecule has 164 valence electrons. The van der Waals surface area contributed by atoms with Crippen molar-refractivity contribution in [1.82, 2.24) is 9.88 Å². The number of para-hydroxylation sites is 1. The molecule has 1 saturated heterocycles. The van der Waals surface area contributed by atoms with Crippen LogP contribution >= 0.6 is 11.3 Å². The molecule has 0 radical (unpaired) electrons. The van der Waals surface area contributed by atoms with Gasteiger partial charge in [0.15, 0.2) is 5.13 Å². The minimum absolute atomic E-state index is 0.162. The predicted molar refractivity (Wildman–Crippen MR) is 106 cm³/mol. The number of fused-ring (bicyclic) bond motifs is 1. The van der Waals surface area contributed by atoms with E-state index in [1.807, 2.05) is 0 Å². The molecule has 1 N–H and O–H groups in total. The molecule has 11 heteroatoms. The molecule has 5 nitrogen and oxygen atoms in total. The van der Waals surface area contributed by atoms with Crippen LogP contribution in [0.25, 0.3) is 10.2 Å². The topological polar surface area (TPSA) is 54.5 Å². The van der Waals surface area contributed by atoms with Crippen molar-refractivity contribution in [3.63, 3.8) is 0 Å². The Hall–Kier alpha value is -2.95. The van der Waals surface area contributed by atoms with Gasteiger partial charge in [-0.15, -0.1) is 0 Å². The first-order valence-corrected chi connectivity index (χ1v) is 10.1. The third-order valence-corrected chi connectivity index (χ3v) is 5.72. The molecule has 1 amide bonds. The van der Waals surface area contributed by atoms with Crippen molar-refractivity contribution in [3.05, 3.63) is 53.8 Å². The van der Waals surface area contributed by atoms with E-state index in [0.717, 1.165) is 6.07 Å². The molecule has 1 atom stereocenters. The highest BCUT2D eigenvalue weighted by molar-refractivity contribution is 7.22. The zero-order chi connectivity index (χ0) is 22.2. The Morgan fingerprint density at radius 1 is 1.26 bits per heavy atom. The van der Waals surface area contributed by atoms with Crippen LogP contribution in [0.1, 0.15) is 16.8 Å². The van der Waals surface area contributed by atoms with E-state index in [0.29, 0.717) is 28.3 Å². The Morgan fingerprint density at radius 3 is 2.81 bits per heavy atom. The first-order chi connectivity index (χ1) is 14.7.